The fraction of sp³-hybridized carbons (Fsp3) is 0.333. The molecule has 2 heterocycles. The van der Waals surface area contributed by atoms with Gasteiger partial charge in [-0.15, -0.1) is 0 Å². The minimum Gasteiger partial charge on any atom is -0.370 e. The molecule has 0 unspecified atom stereocenters. The van der Waals surface area contributed by atoms with E-state index in [-0.39, 0.29) is 5.69 Å². The van der Waals surface area contributed by atoms with Crippen molar-refractivity contribution in [1.82, 2.24) is 10.1 Å². The fourth-order valence-corrected chi connectivity index (χ4v) is 1.57. The van der Waals surface area contributed by atoms with Crippen molar-refractivity contribution >= 4 is 17.3 Å². The summed E-state index contributed by atoms with van der Waals surface area (Å²) in [5.41, 5.74) is 0.683. The highest BCUT2D eigenvalue weighted by molar-refractivity contribution is 5.54. The van der Waals surface area contributed by atoms with E-state index >= 15 is 0 Å². The summed E-state index contributed by atoms with van der Waals surface area (Å²) < 4.78 is 4.71. The lowest BCUT2D eigenvalue weighted by molar-refractivity contribution is -0.384. The van der Waals surface area contributed by atoms with Crippen LogP contribution in [0.25, 0.3) is 0 Å². The molecule has 0 saturated carbocycles. The van der Waals surface area contributed by atoms with E-state index in [2.05, 4.69) is 20.8 Å². The van der Waals surface area contributed by atoms with Gasteiger partial charge in [0.1, 0.15) is 23.6 Å². The Bertz CT molecular complexity index is 570. The quantitative estimate of drug-likeness (QED) is 0.591. The molecule has 2 aromatic heterocycles. The Balaban J connectivity index is 2.13. The molecule has 0 aliphatic rings. The number of rotatable bonds is 7. The van der Waals surface area contributed by atoms with Crippen molar-refractivity contribution in [3.05, 3.63) is 40.3 Å². The van der Waals surface area contributed by atoms with Crippen LogP contribution in [0.2, 0.25) is 0 Å². The molecule has 20 heavy (non-hydrogen) atoms. The number of hydrogen-bond donors (Lipinski definition) is 2. The zero-order chi connectivity index (χ0) is 14.4. The normalized spacial score (nSPS) is 10.2. The van der Waals surface area contributed by atoms with Crippen molar-refractivity contribution in [3.63, 3.8) is 0 Å². The van der Waals surface area contributed by atoms with Gasteiger partial charge in [0.15, 0.2) is 0 Å². The molecule has 8 nitrogen and oxygen atoms in total. The van der Waals surface area contributed by atoms with Gasteiger partial charge in [0.05, 0.1) is 23.6 Å². The Morgan fingerprint density at radius 3 is 2.70 bits per heavy atom. The maximum Gasteiger partial charge on any atom is 0.276 e. The third-order valence-electron chi connectivity index (χ3n) is 2.52. The second-order valence-electron chi connectivity index (χ2n) is 4.12. The second-order valence-corrected chi connectivity index (χ2v) is 4.12. The summed E-state index contributed by atoms with van der Waals surface area (Å²) in [7, 11) is 0. The molecule has 2 rings (SSSR count). The number of anilines is 2. The zero-order valence-corrected chi connectivity index (χ0v) is 11.0. The Kier molecular flexibility index (Phi) is 4.48. The van der Waals surface area contributed by atoms with E-state index in [4.69, 9.17) is 4.52 Å². The van der Waals surface area contributed by atoms with Gasteiger partial charge in [-0.1, -0.05) is 12.1 Å². The number of nitrogens with zero attached hydrogens (tertiary/aromatic N) is 3. The average Bonchev–Trinajstić information content (AvgIpc) is 2.96. The van der Waals surface area contributed by atoms with Gasteiger partial charge in [-0.2, -0.15) is 0 Å². The highest BCUT2D eigenvalue weighted by Crippen LogP contribution is 2.21. The number of aromatic nitrogens is 2. The van der Waals surface area contributed by atoms with E-state index in [1.807, 2.05) is 6.92 Å². The summed E-state index contributed by atoms with van der Waals surface area (Å²) in [5, 5.41) is 20.7. The summed E-state index contributed by atoms with van der Waals surface area (Å²) in [6.45, 7) is 3.10. The summed E-state index contributed by atoms with van der Waals surface area (Å²) in [5.74, 6) is 0.893. The molecule has 8 heteroatoms. The van der Waals surface area contributed by atoms with Crippen molar-refractivity contribution in [2.75, 3.05) is 17.2 Å². The van der Waals surface area contributed by atoms with Gasteiger partial charge in [-0.05, 0) is 6.42 Å². The van der Waals surface area contributed by atoms with Crippen molar-refractivity contribution in [2.24, 2.45) is 0 Å². The molecule has 0 spiro atoms. The third kappa shape index (κ3) is 3.67. The number of pyridine rings is 1. The highest BCUT2D eigenvalue weighted by Gasteiger charge is 2.11. The molecule has 0 amide bonds. The van der Waals surface area contributed by atoms with E-state index in [1.165, 1.54) is 18.4 Å². The van der Waals surface area contributed by atoms with Crippen LogP contribution < -0.4 is 10.6 Å². The molecule has 0 aliphatic carbocycles. The Hall–Kier alpha value is -2.64. The minimum atomic E-state index is -0.444. The summed E-state index contributed by atoms with van der Waals surface area (Å²) >= 11 is 0. The van der Waals surface area contributed by atoms with Crippen LogP contribution in [0.5, 0.6) is 0 Å². The molecule has 0 fully saturated rings. The van der Waals surface area contributed by atoms with Crippen LogP contribution in [0.4, 0.5) is 17.3 Å². The minimum absolute atomic E-state index is 0.0127. The number of nitrogens with one attached hydrogen (secondary N) is 2. The van der Waals surface area contributed by atoms with Gasteiger partial charge in [0.25, 0.3) is 5.69 Å². The highest BCUT2D eigenvalue weighted by atomic mass is 16.6. The first-order valence-corrected chi connectivity index (χ1v) is 6.22. The zero-order valence-electron chi connectivity index (χ0n) is 11.0. The molecular formula is C12H15N5O3. The fourth-order valence-electron chi connectivity index (χ4n) is 1.57. The van der Waals surface area contributed by atoms with Crippen molar-refractivity contribution in [1.29, 1.82) is 0 Å². The van der Waals surface area contributed by atoms with Crippen molar-refractivity contribution < 1.29 is 9.45 Å². The van der Waals surface area contributed by atoms with E-state index in [9.17, 15) is 10.1 Å². The van der Waals surface area contributed by atoms with Gasteiger partial charge < -0.3 is 15.2 Å². The van der Waals surface area contributed by atoms with Crippen LogP contribution in [-0.2, 0) is 6.54 Å². The summed E-state index contributed by atoms with van der Waals surface area (Å²) in [6.07, 6.45) is 2.37. The molecule has 0 atom stereocenters. The molecule has 106 valence electrons. The van der Waals surface area contributed by atoms with Crippen molar-refractivity contribution in [3.8, 4) is 0 Å². The molecule has 0 radical (unpaired) electrons. The predicted octanol–water partition coefficient (Wildman–Crippen LogP) is 2.41. The first kappa shape index (κ1) is 13.8. The summed E-state index contributed by atoms with van der Waals surface area (Å²) in [4.78, 5) is 14.7. The first-order valence-electron chi connectivity index (χ1n) is 6.22. The Morgan fingerprint density at radius 2 is 2.10 bits per heavy atom. The lowest BCUT2D eigenvalue weighted by atomic mass is 10.3. The largest absolute Gasteiger partial charge is 0.370 e. The number of nitro groups is 1. The van der Waals surface area contributed by atoms with Crippen LogP contribution in [-0.4, -0.2) is 21.6 Å². The van der Waals surface area contributed by atoms with E-state index in [1.54, 1.807) is 6.07 Å². The maximum atomic E-state index is 10.9. The van der Waals surface area contributed by atoms with E-state index in [0.29, 0.717) is 30.4 Å². The number of hydrogen-bond acceptors (Lipinski definition) is 7. The molecule has 2 aromatic rings. The van der Waals surface area contributed by atoms with Crippen LogP contribution in [0.1, 0.15) is 19.0 Å². The van der Waals surface area contributed by atoms with E-state index in [0.717, 1.165) is 6.42 Å². The average molecular weight is 277 g/mol. The SMILES string of the molecule is CCCNc1cc([N+](=O)[O-])cc(NCc2ccon2)n1. The predicted molar refractivity (Wildman–Crippen MR) is 73.5 cm³/mol. The molecule has 2 N–H and O–H groups in total. The van der Waals surface area contributed by atoms with Gasteiger partial charge >= 0.3 is 0 Å². The standard InChI is InChI=1S/C12H15N5O3/c1-2-4-13-11-6-10(17(18)19)7-12(15-11)14-8-9-3-5-20-16-9/h3,5-7H,2,4,8H2,1H3,(H2,13,14,15). The molecule has 0 aromatic carbocycles. The van der Waals surface area contributed by atoms with Crippen LogP contribution in [0.15, 0.2) is 29.0 Å². The molecule has 0 saturated heterocycles. The first-order chi connectivity index (χ1) is 9.69. The Morgan fingerprint density at radius 1 is 1.35 bits per heavy atom. The van der Waals surface area contributed by atoms with Gasteiger partial charge in [0.2, 0.25) is 0 Å². The maximum absolute atomic E-state index is 10.9. The molecule has 0 bridgehead atoms. The Labute approximate surface area is 115 Å². The van der Waals surface area contributed by atoms with Crippen molar-refractivity contribution in [2.45, 2.75) is 19.9 Å². The third-order valence-corrected chi connectivity index (χ3v) is 2.52. The smallest absolute Gasteiger partial charge is 0.276 e. The van der Waals surface area contributed by atoms with Crippen LogP contribution in [0, 0.1) is 10.1 Å². The summed E-state index contributed by atoms with van der Waals surface area (Å²) in [6, 6.07) is 4.51. The van der Waals surface area contributed by atoms with Crippen LogP contribution >= 0.6 is 0 Å². The molecular weight excluding hydrogens is 262 g/mol. The van der Waals surface area contributed by atoms with Gasteiger partial charge in [-0.3, -0.25) is 10.1 Å². The lowest BCUT2D eigenvalue weighted by Crippen LogP contribution is -2.07. The van der Waals surface area contributed by atoms with Gasteiger partial charge in [0, 0.05) is 12.6 Å². The second kappa shape index (κ2) is 6.50. The monoisotopic (exact) mass is 277 g/mol. The van der Waals surface area contributed by atoms with E-state index < -0.39 is 4.92 Å². The topological polar surface area (TPSA) is 106 Å². The van der Waals surface area contributed by atoms with Crippen LogP contribution in [0.3, 0.4) is 0 Å². The molecule has 0 aliphatic heterocycles. The van der Waals surface area contributed by atoms with Gasteiger partial charge in [-0.25, -0.2) is 4.98 Å². The lowest BCUT2D eigenvalue weighted by Gasteiger charge is -2.08.